The lowest BCUT2D eigenvalue weighted by Crippen LogP contribution is -1.79. The molecule has 0 unspecified atom stereocenters. The molecule has 0 spiro atoms. The van der Waals surface area contributed by atoms with Crippen molar-refractivity contribution in [2.24, 2.45) is 0 Å². The predicted octanol–water partition coefficient (Wildman–Crippen LogP) is 1.95. The van der Waals surface area contributed by atoms with Gasteiger partial charge < -0.3 is 5.11 Å². The van der Waals surface area contributed by atoms with Crippen molar-refractivity contribution in [3.63, 3.8) is 0 Å². The number of rotatable bonds is 2. The second-order valence-electron chi connectivity index (χ2n) is 2.64. The number of hydrogen-bond donors (Lipinski definition) is 1. The van der Waals surface area contributed by atoms with E-state index in [-0.39, 0.29) is 12.4 Å². The van der Waals surface area contributed by atoms with Crippen LogP contribution in [0.2, 0.25) is 0 Å². The van der Waals surface area contributed by atoms with Crippen LogP contribution >= 0.6 is 0 Å². The minimum Gasteiger partial charge on any atom is -0.396 e. The fourth-order valence-electron chi connectivity index (χ4n) is 0.865. The average molecular weight is 178 g/mol. The Kier molecular flexibility index (Phi) is 4.01. The Bertz CT molecular complexity index is 305. The highest BCUT2D eigenvalue weighted by Crippen LogP contribution is 2.00. The van der Waals surface area contributed by atoms with Crippen LogP contribution in [0.25, 0.3) is 0 Å². The molecule has 1 N–H and O–H groups in total. The molecule has 1 nitrogen and oxygen atoms in total. The number of hydrogen-bond acceptors (Lipinski definition) is 1. The van der Waals surface area contributed by atoms with Gasteiger partial charge in [-0.3, -0.25) is 0 Å². The minimum absolute atomic E-state index is 0.165. The van der Waals surface area contributed by atoms with Crippen molar-refractivity contribution in [1.82, 2.24) is 0 Å². The van der Waals surface area contributed by atoms with Crippen molar-refractivity contribution >= 4 is 0 Å². The quantitative estimate of drug-likeness (QED) is 0.542. The summed E-state index contributed by atoms with van der Waals surface area (Å²) in [5.41, 5.74) is 0.805. The highest BCUT2D eigenvalue weighted by atomic mass is 19.1. The number of halogens is 1. The zero-order valence-electron chi connectivity index (χ0n) is 7.26. The van der Waals surface area contributed by atoms with Gasteiger partial charge in [-0.2, -0.15) is 0 Å². The van der Waals surface area contributed by atoms with E-state index in [0.29, 0.717) is 12.8 Å². The molecule has 0 amide bonds. The van der Waals surface area contributed by atoms with E-state index in [0.717, 1.165) is 5.56 Å². The molecular weight excluding hydrogens is 167 g/mol. The van der Waals surface area contributed by atoms with Crippen LogP contribution in [0.5, 0.6) is 0 Å². The zero-order valence-corrected chi connectivity index (χ0v) is 7.26. The van der Waals surface area contributed by atoms with Crippen LogP contribution in [0.1, 0.15) is 18.4 Å². The molecule has 0 aliphatic heterocycles. The maximum Gasteiger partial charge on any atom is 0.123 e. The molecule has 0 atom stereocenters. The van der Waals surface area contributed by atoms with Gasteiger partial charge in [0.25, 0.3) is 0 Å². The first-order valence-electron chi connectivity index (χ1n) is 4.18. The lowest BCUT2D eigenvalue weighted by molar-refractivity contribution is 0.290. The predicted molar refractivity (Wildman–Crippen MR) is 49.6 cm³/mol. The van der Waals surface area contributed by atoms with Crippen molar-refractivity contribution in [3.8, 4) is 11.8 Å². The third-order valence-electron chi connectivity index (χ3n) is 1.54. The molecule has 0 radical (unpaired) electrons. The van der Waals surface area contributed by atoms with Gasteiger partial charge in [-0.15, -0.1) is 0 Å². The number of aliphatic hydroxyl groups is 1. The lowest BCUT2D eigenvalue weighted by Gasteiger charge is -1.89. The molecule has 0 aliphatic rings. The van der Waals surface area contributed by atoms with E-state index in [1.54, 1.807) is 12.1 Å². The van der Waals surface area contributed by atoms with Gasteiger partial charge in [0.2, 0.25) is 0 Å². The van der Waals surface area contributed by atoms with Crippen LogP contribution in [0.3, 0.4) is 0 Å². The van der Waals surface area contributed by atoms with Gasteiger partial charge in [0.05, 0.1) is 0 Å². The van der Waals surface area contributed by atoms with Crippen LogP contribution < -0.4 is 0 Å². The Hall–Kier alpha value is -1.33. The van der Waals surface area contributed by atoms with Crippen molar-refractivity contribution in [1.29, 1.82) is 0 Å². The SMILES string of the molecule is OCCCC#Cc1ccc(F)cc1. The summed E-state index contributed by atoms with van der Waals surface area (Å²) in [6, 6.07) is 6.05. The van der Waals surface area contributed by atoms with Crippen LogP contribution in [0.15, 0.2) is 24.3 Å². The first-order chi connectivity index (χ1) is 6.33. The maximum absolute atomic E-state index is 12.4. The molecule has 0 aliphatic carbocycles. The van der Waals surface area contributed by atoms with E-state index >= 15 is 0 Å². The fraction of sp³-hybridized carbons (Fsp3) is 0.273. The Balaban J connectivity index is 2.52. The van der Waals surface area contributed by atoms with Gasteiger partial charge in [0, 0.05) is 18.6 Å². The van der Waals surface area contributed by atoms with E-state index < -0.39 is 0 Å². The summed E-state index contributed by atoms with van der Waals surface area (Å²) in [4.78, 5) is 0. The Morgan fingerprint density at radius 2 is 1.92 bits per heavy atom. The molecule has 13 heavy (non-hydrogen) atoms. The lowest BCUT2D eigenvalue weighted by atomic mass is 10.2. The molecular formula is C11H11FO. The van der Waals surface area contributed by atoms with E-state index in [1.165, 1.54) is 12.1 Å². The molecule has 0 saturated carbocycles. The van der Waals surface area contributed by atoms with Crippen LogP contribution in [-0.4, -0.2) is 11.7 Å². The Morgan fingerprint density at radius 1 is 1.23 bits per heavy atom. The van der Waals surface area contributed by atoms with Crippen molar-refractivity contribution in [3.05, 3.63) is 35.6 Å². The third-order valence-corrected chi connectivity index (χ3v) is 1.54. The summed E-state index contributed by atoms with van der Waals surface area (Å²) < 4.78 is 12.4. The average Bonchev–Trinajstić information content (AvgIpc) is 2.15. The fourth-order valence-corrected chi connectivity index (χ4v) is 0.865. The van der Waals surface area contributed by atoms with Gasteiger partial charge in [-0.1, -0.05) is 11.8 Å². The second-order valence-corrected chi connectivity index (χ2v) is 2.64. The van der Waals surface area contributed by atoms with Crippen molar-refractivity contribution in [2.75, 3.05) is 6.61 Å². The molecule has 0 aromatic heterocycles. The van der Waals surface area contributed by atoms with Crippen molar-refractivity contribution < 1.29 is 9.50 Å². The van der Waals surface area contributed by atoms with Crippen LogP contribution in [0.4, 0.5) is 4.39 Å². The summed E-state index contributed by atoms with van der Waals surface area (Å²) in [6.07, 6.45) is 1.36. The Morgan fingerprint density at radius 3 is 2.54 bits per heavy atom. The summed E-state index contributed by atoms with van der Waals surface area (Å²) in [6.45, 7) is 0.165. The topological polar surface area (TPSA) is 20.2 Å². The van der Waals surface area contributed by atoms with E-state index in [9.17, 15) is 4.39 Å². The van der Waals surface area contributed by atoms with Gasteiger partial charge in [0.15, 0.2) is 0 Å². The highest BCUT2D eigenvalue weighted by Gasteiger charge is 1.87. The number of benzene rings is 1. The van der Waals surface area contributed by atoms with Gasteiger partial charge >= 0.3 is 0 Å². The first kappa shape index (κ1) is 9.76. The third kappa shape index (κ3) is 3.73. The van der Waals surface area contributed by atoms with Gasteiger partial charge in [-0.05, 0) is 30.7 Å². The van der Waals surface area contributed by atoms with E-state index in [2.05, 4.69) is 11.8 Å². The summed E-state index contributed by atoms with van der Waals surface area (Å²) in [5, 5.41) is 8.48. The summed E-state index contributed by atoms with van der Waals surface area (Å²) in [5.74, 6) is 5.52. The Labute approximate surface area is 77.2 Å². The molecule has 2 heteroatoms. The second kappa shape index (κ2) is 5.34. The molecule has 0 heterocycles. The number of unbranched alkanes of at least 4 members (excludes halogenated alkanes) is 1. The highest BCUT2D eigenvalue weighted by molar-refractivity contribution is 5.33. The normalized spacial score (nSPS) is 9.08. The van der Waals surface area contributed by atoms with Crippen molar-refractivity contribution in [2.45, 2.75) is 12.8 Å². The van der Waals surface area contributed by atoms with Gasteiger partial charge in [-0.25, -0.2) is 4.39 Å². The molecule has 0 saturated heterocycles. The van der Waals surface area contributed by atoms with Gasteiger partial charge in [0.1, 0.15) is 5.82 Å². The maximum atomic E-state index is 12.4. The molecule has 0 fully saturated rings. The summed E-state index contributed by atoms with van der Waals surface area (Å²) in [7, 11) is 0. The molecule has 1 aromatic carbocycles. The number of aliphatic hydroxyl groups excluding tert-OH is 1. The monoisotopic (exact) mass is 178 g/mol. The largest absolute Gasteiger partial charge is 0.396 e. The van der Waals surface area contributed by atoms with E-state index in [1.807, 2.05) is 0 Å². The van der Waals surface area contributed by atoms with Crippen LogP contribution in [0, 0.1) is 17.7 Å². The van der Waals surface area contributed by atoms with Crippen LogP contribution in [-0.2, 0) is 0 Å². The standard InChI is InChI=1S/C11H11FO/c12-11-7-5-10(6-8-11)4-2-1-3-9-13/h5-8,13H,1,3,9H2. The molecule has 0 bridgehead atoms. The molecule has 68 valence electrons. The van der Waals surface area contributed by atoms with E-state index in [4.69, 9.17) is 5.11 Å². The minimum atomic E-state index is -0.249. The summed E-state index contributed by atoms with van der Waals surface area (Å²) >= 11 is 0. The molecule has 1 rings (SSSR count). The first-order valence-corrected chi connectivity index (χ1v) is 4.18. The smallest absolute Gasteiger partial charge is 0.123 e. The zero-order chi connectivity index (χ0) is 9.52. The molecule has 1 aromatic rings.